The number of nitrogens with two attached hydrogens (primary N) is 1. The molecule has 0 spiro atoms. The van der Waals surface area contributed by atoms with E-state index in [1.54, 1.807) is 30.3 Å². The van der Waals surface area contributed by atoms with Crippen LogP contribution in [0.15, 0.2) is 41.3 Å². The van der Waals surface area contributed by atoms with Crippen molar-refractivity contribution in [3.8, 4) is 22.6 Å². The molecule has 0 bridgehead atoms. The number of likely N-dealkylation sites (tertiary alicyclic amines) is 1. The highest BCUT2D eigenvalue weighted by molar-refractivity contribution is 8.24. The molecular weight excluding hydrogens is 447 g/mol. The number of benzene rings is 2. The molecule has 0 aliphatic carbocycles. The lowest BCUT2D eigenvalue weighted by Crippen LogP contribution is -2.49. The van der Waals surface area contributed by atoms with Gasteiger partial charge in [0.1, 0.15) is 10.6 Å². The first kappa shape index (κ1) is 23.8. The Morgan fingerprint density at radius 1 is 1.21 bits per heavy atom. The Morgan fingerprint density at radius 3 is 2.55 bits per heavy atom. The number of carbonyl (C=O) groups excluding carboxylic acids is 1. The molecule has 1 amide bonds. The maximum atomic E-state index is 14.7. The normalized spacial score (nSPS) is 19.7. The van der Waals surface area contributed by atoms with Crippen molar-refractivity contribution < 1.29 is 27.8 Å². The molecule has 4 rings (SSSR count). The van der Waals surface area contributed by atoms with Gasteiger partial charge >= 0.3 is 0 Å². The molecule has 9 heteroatoms. The Kier molecular flexibility index (Phi) is 6.86. The average molecular weight is 479 g/mol. The summed E-state index contributed by atoms with van der Waals surface area (Å²) < 4.78 is 45.8. The maximum absolute atomic E-state index is 14.7. The molecule has 2 aliphatic heterocycles. The molecule has 2 aromatic rings. The topological polar surface area (TPSA) is 105 Å². The van der Waals surface area contributed by atoms with E-state index >= 15 is 0 Å². The van der Waals surface area contributed by atoms with Gasteiger partial charge in [0.25, 0.3) is 0 Å². The van der Waals surface area contributed by atoms with Gasteiger partial charge < -0.3 is 20.1 Å². The van der Waals surface area contributed by atoms with Crippen LogP contribution >= 0.6 is 10.6 Å². The number of rotatable bonds is 6. The van der Waals surface area contributed by atoms with Crippen LogP contribution in [0.3, 0.4) is 0 Å². The number of carbonyl (C=O) groups is 1. The fourth-order valence-electron chi connectivity index (χ4n) is 4.10. The van der Waals surface area contributed by atoms with Gasteiger partial charge in [-0.05, 0) is 60.1 Å². The van der Waals surface area contributed by atoms with Crippen LogP contribution < -0.4 is 15.2 Å². The molecular formula is C24H31FN2O5S. The molecule has 0 aromatic heterocycles. The monoisotopic (exact) mass is 478 g/mol. The predicted molar refractivity (Wildman–Crippen MR) is 126 cm³/mol. The minimum Gasteiger partial charge on any atom is -0.490 e. The summed E-state index contributed by atoms with van der Waals surface area (Å²) in [4.78, 5) is 14.6. The Hall–Kier alpha value is -2.33. The maximum Gasteiger partial charge on any atom is 0.239 e. The Morgan fingerprint density at radius 2 is 1.88 bits per heavy atom. The Bertz CT molecular complexity index is 1020. The van der Waals surface area contributed by atoms with Crippen molar-refractivity contribution in [2.24, 2.45) is 17.6 Å². The van der Waals surface area contributed by atoms with E-state index in [2.05, 4.69) is 0 Å². The number of hydrogen-bond donors (Lipinski definition) is 3. The Labute approximate surface area is 195 Å². The minimum atomic E-state index is -2.90. The fraction of sp³-hybridized carbons (Fsp3) is 0.458. The third-order valence-electron chi connectivity index (χ3n) is 6.34. The van der Waals surface area contributed by atoms with Crippen LogP contribution in [-0.4, -0.2) is 51.6 Å². The van der Waals surface area contributed by atoms with E-state index in [0.29, 0.717) is 41.5 Å². The van der Waals surface area contributed by atoms with Crippen molar-refractivity contribution in [1.29, 1.82) is 0 Å². The van der Waals surface area contributed by atoms with Crippen molar-refractivity contribution in [3.63, 3.8) is 0 Å². The molecule has 7 nitrogen and oxygen atoms in total. The van der Waals surface area contributed by atoms with Crippen molar-refractivity contribution >= 4 is 16.5 Å². The van der Waals surface area contributed by atoms with Crippen molar-refractivity contribution in [1.82, 2.24) is 4.90 Å². The number of fused-ring (bicyclic) bond motifs is 1. The molecule has 0 radical (unpaired) electrons. The summed E-state index contributed by atoms with van der Waals surface area (Å²) in [6, 6.07) is 9.32. The lowest BCUT2D eigenvalue weighted by atomic mass is 9.96. The second-order valence-electron chi connectivity index (χ2n) is 9.09. The van der Waals surface area contributed by atoms with Crippen LogP contribution in [-0.2, 0) is 4.79 Å². The fourth-order valence-corrected chi connectivity index (χ4v) is 5.25. The van der Waals surface area contributed by atoms with Gasteiger partial charge in [-0.1, -0.05) is 26.0 Å². The molecule has 2 heterocycles. The van der Waals surface area contributed by atoms with Crippen molar-refractivity contribution in [3.05, 3.63) is 42.2 Å². The zero-order valence-electron chi connectivity index (χ0n) is 18.9. The van der Waals surface area contributed by atoms with E-state index < -0.39 is 22.4 Å². The standard InChI is InChI=1S/C24H31FN2O5S/c1-15(2)23(26)24(28)27-9-7-16(8-10-27)13-31-20-5-3-17(11-19(20)25)18-4-6-22-21(12-18)32-14-33(22,29)30/h3-6,11-12,15-16,23,29-30H,7-10,13-14,26H2,1-2H3. The van der Waals surface area contributed by atoms with Crippen LogP contribution in [0.4, 0.5) is 4.39 Å². The number of hydrogen-bond acceptors (Lipinski definition) is 6. The molecule has 1 fully saturated rings. The second-order valence-corrected chi connectivity index (χ2v) is 11.1. The summed E-state index contributed by atoms with van der Waals surface area (Å²) in [6.45, 7) is 5.55. The molecule has 2 aliphatic rings. The van der Waals surface area contributed by atoms with Crippen LogP contribution in [0.25, 0.3) is 11.1 Å². The summed E-state index contributed by atoms with van der Waals surface area (Å²) in [7, 11) is -2.90. The van der Waals surface area contributed by atoms with E-state index in [1.165, 1.54) is 6.07 Å². The third kappa shape index (κ3) is 5.11. The lowest BCUT2D eigenvalue weighted by Gasteiger charge is -2.34. The van der Waals surface area contributed by atoms with E-state index in [-0.39, 0.29) is 29.4 Å². The van der Waals surface area contributed by atoms with Gasteiger partial charge in [0.2, 0.25) is 5.91 Å². The van der Waals surface area contributed by atoms with Crippen LogP contribution in [0, 0.1) is 17.7 Å². The minimum absolute atomic E-state index is 0.00645. The van der Waals surface area contributed by atoms with Gasteiger partial charge in [-0.15, -0.1) is 10.6 Å². The molecule has 180 valence electrons. The largest absolute Gasteiger partial charge is 0.490 e. The zero-order chi connectivity index (χ0) is 23.8. The van der Waals surface area contributed by atoms with Gasteiger partial charge in [-0.25, -0.2) is 4.39 Å². The number of piperidine rings is 1. The van der Waals surface area contributed by atoms with Crippen LogP contribution in [0.2, 0.25) is 0 Å². The van der Waals surface area contributed by atoms with Crippen LogP contribution in [0.1, 0.15) is 26.7 Å². The first-order chi connectivity index (χ1) is 15.7. The molecule has 33 heavy (non-hydrogen) atoms. The second kappa shape index (κ2) is 9.50. The molecule has 2 aromatic carbocycles. The van der Waals surface area contributed by atoms with E-state index in [9.17, 15) is 18.3 Å². The number of ether oxygens (including phenoxy) is 2. The van der Waals surface area contributed by atoms with E-state index in [1.807, 2.05) is 18.7 Å². The van der Waals surface area contributed by atoms with E-state index in [0.717, 1.165) is 12.8 Å². The molecule has 1 unspecified atom stereocenters. The first-order valence-electron chi connectivity index (χ1n) is 11.2. The summed E-state index contributed by atoms with van der Waals surface area (Å²) in [6.07, 6.45) is 1.59. The quantitative estimate of drug-likeness (QED) is 0.562. The smallest absolute Gasteiger partial charge is 0.239 e. The molecule has 1 saturated heterocycles. The predicted octanol–water partition coefficient (Wildman–Crippen LogP) is 4.55. The van der Waals surface area contributed by atoms with Gasteiger partial charge in [-0.3, -0.25) is 13.9 Å². The number of amides is 1. The summed E-state index contributed by atoms with van der Waals surface area (Å²) in [5.74, 6) is 0.328. The highest BCUT2D eigenvalue weighted by atomic mass is 32.3. The van der Waals surface area contributed by atoms with Gasteiger partial charge in [0.15, 0.2) is 17.5 Å². The molecule has 4 N–H and O–H groups in total. The van der Waals surface area contributed by atoms with E-state index in [4.69, 9.17) is 15.2 Å². The van der Waals surface area contributed by atoms with Crippen molar-refractivity contribution in [2.45, 2.75) is 37.6 Å². The van der Waals surface area contributed by atoms with Gasteiger partial charge in [0.05, 0.1) is 12.6 Å². The molecule has 0 saturated carbocycles. The number of halogens is 1. The van der Waals surface area contributed by atoms with Crippen LogP contribution in [0.5, 0.6) is 11.5 Å². The van der Waals surface area contributed by atoms with Crippen molar-refractivity contribution in [2.75, 3.05) is 25.6 Å². The third-order valence-corrected chi connectivity index (χ3v) is 7.83. The highest BCUT2D eigenvalue weighted by Crippen LogP contribution is 2.57. The summed E-state index contributed by atoms with van der Waals surface area (Å²) >= 11 is 0. The Balaban J connectivity index is 1.33. The zero-order valence-corrected chi connectivity index (χ0v) is 19.7. The highest BCUT2D eigenvalue weighted by Gasteiger charge is 2.29. The average Bonchev–Trinajstić information content (AvgIpc) is 3.11. The lowest BCUT2D eigenvalue weighted by molar-refractivity contribution is -0.135. The van der Waals surface area contributed by atoms with Gasteiger partial charge in [-0.2, -0.15) is 0 Å². The SMILES string of the molecule is CC(C)C(N)C(=O)N1CCC(COc2ccc(-c3ccc4c(c3)OCS4(O)O)cc2F)CC1. The number of nitrogens with zero attached hydrogens (tertiary/aromatic N) is 1. The first-order valence-corrected chi connectivity index (χ1v) is 12.9. The summed E-state index contributed by atoms with van der Waals surface area (Å²) in [5, 5.41) is 0. The molecule has 1 atom stereocenters. The van der Waals surface area contributed by atoms with Gasteiger partial charge in [0, 0.05) is 13.1 Å². The summed E-state index contributed by atoms with van der Waals surface area (Å²) in [5.41, 5.74) is 7.34.